The van der Waals surface area contributed by atoms with E-state index < -0.39 is 17.9 Å². The number of esters is 1. The lowest BCUT2D eigenvalue weighted by Crippen LogP contribution is -2.43. The van der Waals surface area contributed by atoms with Gasteiger partial charge >= 0.3 is 5.97 Å². The summed E-state index contributed by atoms with van der Waals surface area (Å²) < 4.78 is 4.77. The fourth-order valence-corrected chi connectivity index (χ4v) is 3.36. The highest BCUT2D eigenvalue weighted by Gasteiger charge is 2.23. The van der Waals surface area contributed by atoms with E-state index >= 15 is 0 Å². The highest BCUT2D eigenvalue weighted by Crippen LogP contribution is 2.22. The standard InChI is InChI=1S/C22H24Cl2N2O4/c1-14(15-6-4-3-5-7-15)25-20(27)10-11-21(28)26-19(22(29)30-2)12-16-8-9-17(23)13-18(16)24/h3-9,13-14,19H,10-12H2,1-2H3,(H,25,27)(H,26,28)/t14-,19+/m1/s1. The van der Waals surface area contributed by atoms with Crippen molar-refractivity contribution < 1.29 is 19.1 Å². The zero-order valence-electron chi connectivity index (χ0n) is 16.8. The molecule has 0 aliphatic rings. The Balaban J connectivity index is 1.89. The molecular formula is C22H24Cl2N2O4. The van der Waals surface area contributed by atoms with Crippen LogP contribution in [0.1, 0.15) is 36.9 Å². The van der Waals surface area contributed by atoms with E-state index in [4.69, 9.17) is 27.9 Å². The molecule has 0 spiro atoms. The summed E-state index contributed by atoms with van der Waals surface area (Å²) in [5.74, 6) is -1.29. The molecule has 6 nitrogen and oxygen atoms in total. The average Bonchev–Trinajstić information content (AvgIpc) is 2.73. The Labute approximate surface area is 185 Å². The lowest BCUT2D eigenvalue weighted by atomic mass is 10.1. The van der Waals surface area contributed by atoms with E-state index in [0.717, 1.165) is 5.56 Å². The molecule has 2 amide bonds. The van der Waals surface area contributed by atoms with Gasteiger partial charge in [-0.05, 0) is 30.2 Å². The minimum atomic E-state index is -0.924. The van der Waals surface area contributed by atoms with Gasteiger partial charge in [-0.15, -0.1) is 0 Å². The Morgan fingerprint density at radius 2 is 1.60 bits per heavy atom. The molecule has 0 heterocycles. The molecule has 0 bridgehead atoms. The predicted molar refractivity (Wildman–Crippen MR) is 116 cm³/mol. The van der Waals surface area contributed by atoms with Gasteiger partial charge in [0.25, 0.3) is 0 Å². The average molecular weight is 451 g/mol. The van der Waals surface area contributed by atoms with Crippen molar-refractivity contribution in [1.82, 2.24) is 10.6 Å². The van der Waals surface area contributed by atoms with Crippen molar-refractivity contribution in [2.45, 2.75) is 38.3 Å². The Morgan fingerprint density at radius 1 is 0.967 bits per heavy atom. The molecule has 0 unspecified atom stereocenters. The van der Waals surface area contributed by atoms with Crippen molar-refractivity contribution in [1.29, 1.82) is 0 Å². The van der Waals surface area contributed by atoms with E-state index in [1.54, 1.807) is 18.2 Å². The van der Waals surface area contributed by atoms with Gasteiger partial charge in [0.15, 0.2) is 0 Å². The monoisotopic (exact) mass is 450 g/mol. The van der Waals surface area contributed by atoms with E-state index in [1.165, 1.54) is 7.11 Å². The second-order valence-corrected chi connectivity index (χ2v) is 7.63. The van der Waals surface area contributed by atoms with Crippen LogP contribution in [0, 0.1) is 0 Å². The third-order valence-electron chi connectivity index (χ3n) is 4.52. The van der Waals surface area contributed by atoms with Gasteiger partial charge < -0.3 is 15.4 Å². The number of benzene rings is 2. The van der Waals surface area contributed by atoms with Gasteiger partial charge in [0.2, 0.25) is 11.8 Å². The number of halogens is 2. The number of carbonyl (C=O) groups excluding carboxylic acids is 3. The number of hydrogen-bond acceptors (Lipinski definition) is 4. The summed E-state index contributed by atoms with van der Waals surface area (Å²) in [5, 5.41) is 6.32. The maximum Gasteiger partial charge on any atom is 0.328 e. The van der Waals surface area contributed by atoms with Crippen molar-refractivity contribution in [2.75, 3.05) is 7.11 Å². The highest BCUT2D eigenvalue weighted by atomic mass is 35.5. The van der Waals surface area contributed by atoms with Crippen LogP contribution in [0.4, 0.5) is 0 Å². The van der Waals surface area contributed by atoms with Crippen LogP contribution in [0.3, 0.4) is 0 Å². The molecule has 0 aliphatic heterocycles. The van der Waals surface area contributed by atoms with Crippen LogP contribution in [0.5, 0.6) is 0 Å². The first kappa shape index (κ1) is 23.7. The van der Waals surface area contributed by atoms with Gasteiger partial charge in [0, 0.05) is 29.3 Å². The lowest BCUT2D eigenvalue weighted by Gasteiger charge is -2.18. The second kappa shape index (κ2) is 11.6. The number of rotatable bonds is 9. The van der Waals surface area contributed by atoms with Crippen molar-refractivity contribution in [3.63, 3.8) is 0 Å². The lowest BCUT2D eigenvalue weighted by molar-refractivity contribution is -0.145. The molecule has 2 aromatic rings. The zero-order chi connectivity index (χ0) is 22.1. The van der Waals surface area contributed by atoms with Crippen LogP contribution in [0.25, 0.3) is 0 Å². The molecule has 8 heteroatoms. The summed E-state index contributed by atoms with van der Waals surface area (Å²) in [6.07, 6.45) is 0.0828. The molecule has 160 valence electrons. The zero-order valence-corrected chi connectivity index (χ0v) is 18.3. The molecule has 0 fully saturated rings. The maximum atomic E-state index is 12.3. The summed E-state index contributed by atoms with van der Waals surface area (Å²) in [4.78, 5) is 36.6. The maximum absolute atomic E-state index is 12.3. The van der Waals surface area contributed by atoms with Crippen LogP contribution in [0.2, 0.25) is 10.0 Å². The summed E-state index contributed by atoms with van der Waals surface area (Å²) in [7, 11) is 1.24. The number of methoxy groups -OCH3 is 1. The molecule has 2 atom stereocenters. The molecule has 2 N–H and O–H groups in total. The fourth-order valence-electron chi connectivity index (χ4n) is 2.87. The number of carbonyl (C=O) groups is 3. The number of nitrogens with one attached hydrogen (secondary N) is 2. The van der Waals surface area contributed by atoms with Crippen LogP contribution in [-0.4, -0.2) is 30.9 Å². The Hall–Kier alpha value is -2.57. The first-order valence-electron chi connectivity index (χ1n) is 9.45. The van der Waals surface area contributed by atoms with E-state index in [2.05, 4.69) is 10.6 Å². The summed E-state index contributed by atoms with van der Waals surface area (Å²) >= 11 is 12.0. The Kier molecular flexibility index (Phi) is 9.15. The van der Waals surface area contributed by atoms with Crippen LogP contribution >= 0.6 is 23.2 Å². The summed E-state index contributed by atoms with van der Waals surface area (Å²) in [5.41, 5.74) is 1.62. The second-order valence-electron chi connectivity index (χ2n) is 6.78. The Bertz CT molecular complexity index is 890. The topological polar surface area (TPSA) is 84.5 Å². The van der Waals surface area contributed by atoms with Gasteiger partial charge in [-0.2, -0.15) is 0 Å². The van der Waals surface area contributed by atoms with Gasteiger partial charge in [0.1, 0.15) is 6.04 Å². The Morgan fingerprint density at radius 3 is 2.20 bits per heavy atom. The van der Waals surface area contributed by atoms with E-state index in [9.17, 15) is 14.4 Å². The van der Waals surface area contributed by atoms with E-state index in [-0.39, 0.29) is 31.2 Å². The van der Waals surface area contributed by atoms with Crippen molar-refractivity contribution >= 4 is 41.0 Å². The first-order chi connectivity index (χ1) is 14.3. The van der Waals surface area contributed by atoms with E-state index in [1.807, 2.05) is 37.3 Å². The number of hydrogen-bond donors (Lipinski definition) is 2. The summed E-state index contributed by atoms with van der Waals surface area (Å²) in [6, 6.07) is 13.3. The molecule has 2 rings (SSSR count). The largest absolute Gasteiger partial charge is 0.467 e. The van der Waals surface area contributed by atoms with E-state index in [0.29, 0.717) is 15.6 Å². The number of ether oxygens (including phenoxy) is 1. The summed E-state index contributed by atoms with van der Waals surface area (Å²) in [6.45, 7) is 1.87. The molecule has 0 aromatic heterocycles. The molecule has 2 aromatic carbocycles. The van der Waals surface area contributed by atoms with Crippen LogP contribution in [-0.2, 0) is 25.5 Å². The van der Waals surface area contributed by atoms with Crippen molar-refractivity contribution in [3.8, 4) is 0 Å². The third-order valence-corrected chi connectivity index (χ3v) is 5.10. The smallest absolute Gasteiger partial charge is 0.328 e. The van der Waals surface area contributed by atoms with Gasteiger partial charge in [-0.25, -0.2) is 4.79 Å². The quantitative estimate of drug-likeness (QED) is 0.568. The van der Waals surface area contributed by atoms with Crippen molar-refractivity contribution in [2.24, 2.45) is 0 Å². The first-order valence-corrected chi connectivity index (χ1v) is 10.2. The molecule has 30 heavy (non-hydrogen) atoms. The third kappa shape index (κ3) is 7.35. The highest BCUT2D eigenvalue weighted by molar-refractivity contribution is 6.35. The van der Waals surface area contributed by atoms with Crippen LogP contribution in [0.15, 0.2) is 48.5 Å². The normalized spacial score (nSPS) is 12.5. The van der Waals surface area contributed by atoms with Crippen molar-refractivity contribution in [3.05, 3.63) is 69.7 Å². The molecule has 0 saturated carbocycles. The molecule has 0 aliphatic carbocycles. The predicted octanol–water partition coefficient (Wildman–Crippen LogP) is 3.85. The fraction of sp³-hybridized carbons (Fsp3) is 0.318. The van der Waals surface area contributed by atoms with Gasteiger partial charge in [-0.3, -0.25) is 9.59 Å². The minimum Gasteiger partial charge on any atom is -0.467 e. The minimum absolute atomic E-state index is 0.00139. The van der Waals surface area contributed by atoms with Gasteiger partial charge in [-0.1, -0.05) is 59.6 Å². The molecule has 0 radical (unpaired) electrons. The van der Waals surface area contributed by atoms with Crippen LogP contribution < -0.4 is 10.6 Å². The number of amides is 2. The SMILES string of the molecule is COC(=O)[C@H](Cc1ccc(Cl)cc1Cl)NC(=O)CCC(=O)N[C@H](C)c1ccccc1. The molecule has 0 saturated heterocycles. The van der Waals surface area contributed by atoms with Gasteiger partial charge in [0.05, 0.1) is 13.2 Å². The molecular weight excluding hydrogens is 427 g/mol.